The number of nitrogens with zero attached hydrogens (tertiary/aromatic N) is 4. The Hall–Kier alpha value is -2.47. The van der Waals surface area contributed by atoms with Crippen LogP contribution in [0.4, 0.5) is 4.39 Å². The monoisotopic (exact) mass is 394 g/mol. The molecule has 5 nitrogen and oxygen atoms in total. The van der Waals surface area contributed by atoms with Crippen LogP contribution in [0.5, 0.6) is 0 Å². The van der Waals surface area contributed by atoms with E-state index < -0.39 is 0 Å². The molecule has 0 aliphatic carbocycles. The maximum atomic E-state index is 15.2. The molecule has 0 spiro atoms. The van der Waals surface area contributed by atoms with E-state index in [9.17, 15) is 0 Å². The van der Waals surface area contributed by atoms with E-state index in [2.05, 4.69) is 30.7 Å². The van der Waals surface area contributed by atoms with Crippen molar-refractivity contribution in [1.29, 1.82) is 0 Å². The van der Waals surface area contributed by atoms with E-state index in [0.29, 0.717) is 41.5 Å². The van der Waals surface area contributed by atoms with Crippen LogP contribution in [0, 0.1) is 19.7 Å². The van der Waals surface area contributed by atoms with E-state index in [4.69, 9.17) is 14.7 Å². The highest BCUT2D eigenvalue weighted by atomic mass is 19.1. The fraction of sp³-hybridized carbons (Fsp3) is 0.478. The summed E-state index contributed by atoms with van der Waals surface area (Å²) in [7, 11) is 0. The molecule has 0 atom stereocenters. The van der Waals surface area contributed by atoms with Gasteiger partial charge in [-0.2, -0.15) is 0 Å². The summed E-state index contributed by atoms with van der Waals surface area (Å²) in [5.74, 6) is 0.593. The molecule has 1 saturated heterocycles. The average molecular weight is 394 g/mol. The maximum absolute atomic E-state index is 15.2. The molecule has 0 bridgehead atoms. The van der Waals surface area contributed by atoms with Crippen molar-refractivity contribution in [2.24, 2.45) is 0 Å². The Morgan fingerprint density at radius 2 is 1.66 bits per heavy atom. The number of halogens is 1. The number of aryl methyl sites for hydroxylation is 2. The Morgan fingerprint density at radius 1 is 0.966 bits per heavy atom. The highest BCUT2D eigenvalue weighted by Gasteiger charge is 2.24. The normalized spacial score (nSPS) is 15.8. The minimum Gasteiger partial charge on any atom is -0.381 e. The summed E-state index contributed by atoms with van der Waals surface area (Å²) in [4.78, 5) is 18.8. The van der Waals surface area contributed by atoms with Crippen LogP contribution in [-0.2, 0) is 10.2 Å². The van der Waals surface area contributed by atoms with Crippen LogP contribution >= 0.6 is 0 Å². The molecule has 2 aromatic heterocycles. The standard InChI is InChI=1S/C23H27FN4O/c1-13-14(2)26-22-20(25-13)19(27-21(28-22)15-8-10-29-11-9-15)17-7-6-16(12-18(17)24)23(3,4)5/h6-7,12,15H,8-11H2,1-5H3. The summed E-state index contributed by atoms with van der Waals surface area (Å²) < 4.78 is 20.7. The van der Waals surface area contributed by atoms with Crippen LogP contribution in [0.3, 0.4) is 0 Å². The van der Waals surface area contributed by atoms with Crippen LogP contribution in [0.2, 0.25) is 0 Å². The van der Waals surface area contributed by atoms with Crippen molar-refractivity contribution in [1.82, 2.24) is 19.9 Å². The van der Waals surface area contributed by atoms with Gasteiger partial charge in [-0.3, -0.25) is 0 Å². The minimum absolute atomic E-state index is 0.131. The van der Waals surface area contributed by atoms with Gasteiger partial charge in [0.15, 0.2) is 5.65 Å². The number of rotatable bonds is 2. The molecular formula is C23H27FN4O. The van der Waals surface area contributed by atoms with Gasteiger partial charge in [-0.25, -0.2) is 24.3 Å². The van der Waals surface area contributed by atoms with Gasteiger partial charge in [0.05, 0.1) is 11.4 Å². The quantitative estimate of drug-likeness (QED) is 0.610. The third-order valence-electron chi connectivity index (χ3n) is 5.64. The molecule has 3 heterocycles. The predicted molar refractivity (Wildman–Crippen MR) is 111 cm³/mol. The van der Waals surface area contributed by atoms with Crippen molar-refractivity contribution in [3.8, 4) is 11.3 Å². The maximum Gasteiger partial charge on any atom is 0.182 e. The number of hydrogen-bond acceptors (Lipinski definition) is 5. The first-order valence-electron chi connectivity index (χ1n) is 10.1. The van der Waals surface area contributed by atoms with Gasteiger partial charge in [-0.1, -0.05) is 26.8 Å². The Labute approximate surface area is 170 Å². The summed E-state index contributed by atoms with van der Waals surface area (Å²) in [6.45, 7) is 11.4. The van der Waals surface area contributed by atoms with Crippen molar-refractivity contribution in [3.05, 3.63) is 46.8 Å². The van der Waals surface area contributed by atoms with Crippen molar-refractivity contribution < 1.29 is 9.13 Å². The number of fused-ring (bicyclic) bond motifs is 1. The van der Waals surface area contributed by atoms with Crippen molar-refractivity contribution in [2.75, 3.05) is 13.2 Å². The highest BCUT2D eigenvalue weighted by molar-refractivity contribution is 5.87. The first-order valence-corrected chi connectivity index (χ1v) is 10.1. The van der Waals surface area contributed by atoms with Crippen LogP contribution in [0.15, 0.2) is 18.2 Å². The molecule has 0 radical (unpaired) electrons. The summed E-state index contributed by atoms with van der Waals surface area (Å²) in [5, 5.41) is 0. The van der Waals surface area contributed by atoms with Gasteiger partial charge in [0.2, 0.25) is 0 Å². The first kappa shape index (κ1) is 19.8. The zero-order valence-corrected chi connectivity index (χ0v) is 17.7. The first-order chi connectivity index (χ1) is 13.7. The van der Waals surface area contributed by atoms with Gasteiger partial charge < -0.3 is 4.74 Å². The topological polar surface area (TPSA) is 60.8 Å². The van der Waals surface area contributed by atoms with E-state index in [-0.39, 0.29) is 17.2 Å². The van der Waals surface area contributed by atoms with Crippen LogP contribution in [-0.4, -0.2) is 33.1 Å². The number of aromatic nitrogens is 4. The van der Waals surface area contributed by atoms with E-state index in [1.807, 2.05) is 26.0 Å². The molecule has 152 valence electrons. The zero-order valence-electron chi connectivity index (χ0n) is 17.7. The Kier molecular flexibility index (Phi) is 5.07. The lowest BCUT2D eigenvalue weighted by molar-refractivity contribution is 0.0836. The summed E-state index contributed by atoms with van der Waals surface area (Å²) in [6.07, 6.45) is 1.71. The molecule has 0 unspecified atom stereocenters. The second kappa shape index (κ2) is 7.41. The lowest BCUT2D eigenvalue weighted by atomic mass is 9.86. The molecule has 29 heavy (non-hydrogen) atoms. The lowest BCUT2D eigenvalue weighted by Crippen LogP contribution is -2.17. The summed E-state index contributed by atoms with van der Waals surface area (Å²) >= 11 is 0. The van der Waals surface area contributed by atoms with Gasteiger partial charge in [0, 0.05) is 24.7 Å². The lowest BCUT2D eigenvalue weighted by Gasteiger charge is -2.22. The SMILES string of the molecule is Cc1nc2nc(C3CCOCC3)nc(-c3ccc(C(C)(C)C)cc3F)c2nc1C. The van der Waals surface area contributed by atoms with Gasteiger partial charge in [0.1, 0.15) is 22.9 Å². The Balaban J connectivity index is 1.93. The molecule has 3 aromatic rings. The fourth-order valence-corrected chi connectivity index (χ4v) is 3.63. The van der Waals surface area contributed by atoms with Crippen LogP contribution in [0.25, 0.3) is 22.4 Å². The molecule has 1 aliphatic heterocycles. The predicted octanol–water partition coefficient (Wildman–Crippen LogP) is 5.03. The largest absolute Gasteiger partial charge is 0.381 e. The molecule has 0 amide bonds. The number of hydrogen-bond donors (Lipinski definition) is 0. The second-order valence-corrected chi connectivity index (χ2v) is 8.83. The van der Waals surface area contributed by atoms with Crippen molar-refractivity contribution >= 4 is 11.2 Å². The van der Waals surface area contributed by atoms with E-state index in [0.717, 1.165) is 29.8 Å². The smallest absolute Gasteiger partial charge is 0.182 e. The molecule has 0 N–H and O–H groups in total. The number of ether oxygens (including phenoxy) is 1. The number of benzene rings is 1. The Bertz CT molecular complexity index is 1070. The summed E-state index contributed by atoms with van der Waals surface area (Å²) in [5.41, 5.74) is 4.47. The van der Waals surface area contributed by atoms with Gasteiger partial charge >= 0.3 is 0 Å². The molecule has 6 heteroatoms. The van der Waals surface area contributed by atoms with E-state index >= 15 is 4.39 Å². The molecule has 1 aliphatic rings. The Morgan fingerprint density at radius 3 is 2.31 bits per heavy atom. The van der Waals surface area contributed by atoms with Gasteiger partial charge in [-0.05, 0) is 49.8 Å². The summed E-state index contributed by atoms with van der Waals surface area (Å²) in [6, 6.07) is 5.38. The van der Waals surface area contributed by atoms with Crippen LogP contribution < -0.4 is 0 Å². The zero-order chi connectivity index (χ0) is 20.8. The van der Waals surface area contributed by atoms with Gasteiger partial charge in [0.25, 0.3) is 0 Å². The van der Waals surface area contributed by atoms with Crippen molar-refractivity contribution in [2.45, 2.75) is 58.8 Å². The van der Waals surface area contributed by atoms with Crippen molar-refractivity contribution in [3.63, 3.8) is 0 Å². The van der Waals surface area contributed by atoms with E-state index in [1.54, 1.807) is 6.07 Å². The van der Waals surface area contributed by atoms with Crippen LogP contribution in [0.1, 0.15) is 62.3 Å². The minimum atomic E-state index is -0.296. The third kappa shape index (κ3) is 3.86. The molecular weight excluding hydrogens is 367 g/mol. The second-order valence-electron chi connectivity index (χ2n) is 8.83. The fourth-order valence-electron chi connectivity index (χ4n) is 3.63. The average Bonchev–Trinajstić information content (AvgIpc) is 2.68. The van der Waals surface area contributed by atoms with E-state index in [1.165, 1.54) is 0 Å². The molecule has 1 aromatic carbocycles. The third-order valence-corrected chi connectivity index (χ3v) is 5.64. The van der Waals surface area contributed by atoms with Gasteiger partial charge in [-0.15, -0.1) is 0 Å². The molecule has 4 rings (SSSR count). The molecule has 0 saturated carbocycles. The highest BCUT2D eigenvalue weighted by Crippen LogP contribution is 2.33. The molecule has 1 fully saturated rings.